The molecule has 3 heteroatoms. The first kappa shape index (κ1) is 15.9. The Hall–Kier alpha value is -2.94. The third-order valence-corrected chi connectivity index (χ3v) is 4.10. The minimum absolute atomic E-state index is 0.0647. The van der Waals surface area contributed by atoms with Crippen LogP contribution in [0.1, 0.15) is 28.8 Å². The molecule has 2 aromatic carbocycles. The Kier molecular flexibility index (Phi) is 5.02. The molecule has 0 radical (unpaired) electrons. The monoisotopic (exact) mass is 316 g/mol. The maximum Gasteiger partial charge on any atom is 0.251 e. The number of rotatable bonds is 5. The highest BCUT2D eigenvalue weighted by Crippen LogP contribution is 2.22. The average molecular weight is 316 g/mol. The van der Waals surface area contributed by atoms with Gasteiger partial charge in [-0.15, -0.1) is 0 Å². The SMILES string of the molecule is CC(CNC(=O)c1ccncc1)c1ccc(-c2ccccc2)cc1. The van der Waals surface area contributed by atoms with Crippen molar-refractivity contribution in [3.63, 3.8) is 0 Å². The second kappa shape index (κ2) is 7.55. The topological polar surface area (TPSA) is 42.0 Å². The van der Waals surface area contributed by atoms with Crippen LogP contribution in [0.25, 0.3) is 11.1 Å². The fraction of sp³-hybridized carbons (Fsp3) is 0.143. The van der Waals surface area contributed by atoms with Crippen molar-refractivity contribution in [3.05, 3.63) is 90.3 Å². The van der Waals surface area contributed by atoms with Crippen molar-refractivity contribution in [2.24, 2.45) is 0 Å². The maximum absolute atomic E-state index is 12.1. The van der Waals surface area contributed by atoms with Gasteiger partial charge < -0.3 is 5.32 Å². The van der Waals surface area contributed by atoms with E-state index in [2.05, 4.69) is 53.6 Å². The Balaban J connectivity index is 1.61. The average Bonchev–Trinajstić information content (AvgIpc) is 2.67. The van der Waals surface area contributed by atoms with E-state index in [0.29, 0.717) is 12.1 Å². The predicted octanol–water partition coefficient (Wildman–Crippen LogP) is 4.28. The molecule has 0 aliphatic rings. The van der Waals surface area contributed by atoms with Gasteiger partial charge in [0, 0.05) is 24.5 Å². The fourth-order valence-corrected chi connectivity index (χ4v) is 2.60. The molecule has 1 atom stereocenters. The van der Waals surface area contributed by atoms with Crippen LogP contribution in [0.15, 0.2) is 79.1 Å². The normalized spacial score (nSPS) is 11.7. The molecule has 0 spiro atoms. The number of carbonyl (C=O) groups is 1. The van der Waals surface area contributed by atoms with Crippen molar-refractivity contribution in [1.82, 2.24) is 10.3 Å². The molecule has 0 saturated heterocycles. The number of nitrogens with one attached hydrogen (secondary N) is 1. The lowest BCUT2D eigenvalue weighted by Gasteiger charge is -2.14. The molecule has 120 valence electrons. The molecule has 1 unspecified atom stereocenters. The third-order valence-electron chi connectivity index (χ3n) is 4.10. The van der Waals surface area contributed by atoms with E-state index in [0.717, 1.165) is 0 Å². The fourth-order valence-electron chi connectivity index (χ4n) is 2.60. The van der Waals surface area contributed by atoms with Crippen LogP contribution in [0.5, 0.6) is 0 Å². The van der Waals surface area contributed by atoms with Crippen molar-refractivity contribution in [2.75, 3.05) is 6.54 Å². The van der Waals surface area contributed by atoms with Gasteiger partial charge in [0.15, 0.2) is 0 Å². The van der Waals surface area contributed by atoms with Crippen LogP contribution in [-0.4, -0.2) is 17.4 Å². The van der Waals surface area contributed by atoms with E-state index in [1.54, 1.807) is 24.5 Å². The van der Waals surface area contributed by atoms with E-state index in [1.165, 1.54) is 16.7 Å². The zero-order chi connectivity index (χ0) is 16.8. The summed E-state index contributed by atoms with van der Waals surface area (Å²) in [6.45, 7) is 2.72. The summed E-state index contributed by atoms with van der Waals surface area (Å²) in [5, 5.41) is 2.98. The van der Waals surface area contributed by atoms with E-state index in [4.69, 9.17) is 0 Å². The van der Waals surface area contributed by atoms with Crippen LogP contribution >= 0.6 is 0 Å². The first-order valence-corrected chi connectivity index (χ1v) is 8.07. The minimum atomic E-state index is -0.0647. The van der Waals surface area contributed by atoms with Crippen LogP contribution in [0, 0.1) is 0 Å². The minimum Gasteiger partial charge on any atom is -0.351 e. The van der Waals surface area contributed by atoms with Crippen LogP contribution in [0.4, 0.5) is 0 Å². The summed E-state index contributed by atoms with van der Waals surface area (Å²) in [7, 11) is 0. The number of carbonyl (C=O) groups excluding carboxylic acids is 1. The number of benzene rings is 2. The third kappa shape index (κ3) is 3.87. The first-order valence-electron chi connectivity index (χ1n) is 8.07. The summed E-state index contributed by atoms with van der Waals surface area (Å²) in [6, 6.07) is 22.3. The van der Waals surface area contributed by atoms with Gasteiger partial charge in [0.05, 0.1) is 0 Å². The van der Waals surface area contributed by atoms with Gasteiger partial charge in [0.1, 0.15) is 0 Å². The smallest absolute Gasteiger partial charge is 0.251 e. The van der Waals surface area contributed by atoms with Gasteiger partial charge in [0.2, 0.25) is 0 Å². The van der Waals surface area contributed by atoms with E-state index < -0.39 is 0 Å². The lowest BCUT2D eigenvalue weighted by Crippen LogP contribution is -2.27. The number of amides is 1. The van der Waals surface area contributed by atoms with E-state index in [9.17, 15) is 4.79 Å². The number of hydrogen-bond acceptors (Lipinski definition) is 2. The molecular formula is C21H20N2O. The second-order valence-electron chi connectivity index (χ2n) is 5.83. The van der Waals surface area contributed by atoms with Crippen LogP contribution < -0.4 is 5.32 Å². The Morgan fingerprint density at radius 3 is 2.21 bits per heavy atom. The molecule has 1 aromatic heterocycles. The molecule has 3 nitrogen and oxygen atoms in total. The summed E-state index contributed by atoms with van der Waals surface area (Å²) in [5.74, 6) is 0.186. The molecule has 0 aliphatic heterocycles. The molecule has 24 heavy (non-hydrogen) atoms. The lowest BCUT2D eigenvalue weighted by molar-refractivity contribution is 0.0951. The molecule has 3 aromatic rings. The standard InChI is InChI=1S/C21H20N2O/c1-16(15-23-21(24)20-11-13-22-14-12-20)17-7-9-19(10-8-17)18-5-3-2-4-6-18/h2-14,16H,15H2,1H3,(H,23,24). The summed E-state index contributed by atoms with van der Waals surface area (Å²) >= 11 is 0. The second-order valence-corrected chi connectivity index (χ2v) is 5.83. The summed E-state index contributed by atoms with van der Waals surface area (Å²) in [5.41, 5.74) is 4.26. The first-order chi connectivity index (χ1) is 11.7. The number of nitrogens with zero attached hydrogens (tertiary/aromatic N) is 1. The Morgan fingerprint density at radius 1 is 0.917 bits per heavy atom. The lowest BCUT2D eigenvalue weighted by atomic mass is 9.97. The van der Waals surface area contributed by atoms with Gasteiger partial charge in [-0.2, -0.15) is 0 Å². The summed E-state index contributed by atoms with van der Waals surface area (Å²) in [6.07, 6.45) is 3.25. The van der Waals surface area contributed by atoms with Crippen molar-refractivity contribution < 1.29 is 4.79 Å². The highest BCUT2D eigenvalue weighted by Gasteiger charge is 2.09. The van der Waals surface area contributed by atoms with Crippen molar-refractivity contribution in [1.29, 1.82) is 0 Å². The molecule has 0 saturated carbocycles. The number of hydrogen-bond donors (Lipinski definition) is 1. The van der Waals surface area contributed by atoms with Gasteiger partial charge >= 0.3 is 0 Å². The maximum atomic E-state index is 12.1. The van der Waals surface area contributed by atoms with Gasteiger partial charge in [-0.1, -0.05) is 61.5 Å². The molecule has 1 heterocycles. The molecule has 0 bridgehead atoms. The van der Waals surface area contributed by atoms with Crippen molar-refractivity contribution in [2.45, 2.75) is 12.8 Å². The Labute approximate surface area is 142 Å². The molecule has 0 fully saturated rings. The largest absolute Gasteiger partial charge is 0.351 e. The van der Waals surface area contributed by atoms with Gasteiger partial charge in [-0.05, 0) is 34.7 Å². The van der Waals surface area contributed by atoms with Crippen LogP contribution in [0.2, 0.25) is 0 Å². The van der Waals surface area contributed by atoms with E-state index >= 15 is 0 Å². The van der Waals surface area contributed by atoms with Gasteiger partial charge in [0.25, 0.3) is 5.91 Å². The highest BCUT2D eigenvalue weighted by molar-refractivity contribution is 5.93. The predicted molar refractivity (Wildman–Crippen MR) is 96.9 cm³/mol. The van der Waals surface area contributed by atoms with Crippen LogP contribution in [-0.2, 0) is 0 Å². The van der Waals surface area contributed by atoms with Crippen LogP contribution in [0.3, 0.4) is 0 Å². The van der Waals surface area contributed by atoms with Crippen molar-refractivity contribution >= 4 is 5.91 Å². The van der Waals surface area contributed by atoms with Gasteiger partial charge in [-0.3, -0.25) is 9.78 Å². The van der Waals surface area contributed by atoms with E-state index in [-0.39, 0.29) is 11.8 Å². The Morgan fingerprint density at radius 2 is 1.54 bits per heavy atom. The highest BCUT2D eigenvalue weighted by atomic mass is 16.1. The quantitative estimate of drug-likeness (QED) is 0.763. The van der Waals surface area contributed by atoms with Crippen molar-refractivity contribution in [3.8, 4) is 11.1 Å². The molecular weight excluding hydrogens is 296 g/mol. The zero-order valence-corrected chi connectivity index (χ0v) is 13.6. The molecule has 1 amide bonds. The van der Waals surface area contributed by atoms with E-state index in [1.807, 2.05) is 18.2 Å². The summed E-state index contributed by atoms with van der Waals surface area (Å²) in [4.78, 5) is 16.0. The summed E-state index contributed by atoms with van der Waals surface area (Å²) < 4.78 is 0. The molecule has 0 aliphatic carbocycles. The molecule has 1 N–H and O–H groups in total. The van der Waals surface area contributed by atoms with Gasteiger partial charge in [-0.25, -0.2) is 0 Å². The molecule has 3 rings (SSSR count). The Bertz CT molecular complexity index is 783. The zero-order valence-electron chi connectivity index (χ0n) is 13.6. The number of pyridine rings is 1. The number of aromatic nitrogens is 1.